The molecule has 6 nitrogen and oxygen atoms in total. The predicted octanol–water partition coefficient (Wildman–Crippen LogP) is 5.85. The molecule has 1 saturated carbocycles. The molecule has 1 aliphatic heterocycles. The van der Waals surface area contributed by atoms with E-state index in [0.29, 0.717) is 30.7 Å². The number of imidazole rings is 1. The van der Waals surface area contributed by atoms with E-state index in [1.54, 1.807) is 18.2 Å². The quantitative estimate of drug-likeness (QED) is 0.303. The minimum atomic E-state index is -4.64. The summed E-state index contributed by atoms with van der Waals surface area (Å²) in [7, 11) is 0. The molecule has 196 valence electrons. The van der Waals surface area contributed by atoms with E-state index in [4.69, 9.17) is 9.47 Å². The molecule has 37 heavy (non-hydrogen) atoms. The highest BCUT2D eigenvalue weighted by atomic mass is 19.4. The fourth-order valence-corrected chi connectivity index (χ4v) is 5.79. The molecular weight excluding hydrogens is 490 g/mol. The van der Waals surface area contributed by atoms with E-state index >= 15 is 0 Å². The maximum Gasteiger partial charge on any atom is 0.450 e. The van der Waals surface area contributed by atoms with Crippen molar-refractivity contribution in [3.05, 3.63) is 71.7 Å². The fourth-order valence-electron chi connectivity index (χ4n) is 5.79. The van der Waals surface area contributed by atoms with Gasteiger partial charge in [-0.2, -0.15) is 13.2 Å². The van der Waals surface area contributed by atoms with Crippen molar-refractivity contribution in [2.75, 3.05) is 6.61 Å². The van der Waals surface area contributed by atoms with Crippen molar-refractivity contribution >= 4 is 6.29 Å². The van der Waals surface area contributed by atoms with Gasteiger partial charge in [0.2, 0.25) is 5.82 Å². The van der Waals surface area contributed by atoms with E-state index in [-0.39, 0.29) is 42.1 Å². The number of hydrogen-bond acceptors (Lipinski definition) is 5. The molecule has 5 rings (SSSR count). The summed E-state index contributed by atoms with van der Waals surface area (Å²) in [5.41, 5.74) is 0.648. The summed E-state index contributed by atoms with van der Waals surface area (Å²) < 4.78 is 67.5. The number of carbonyl (C=O) groups excluding carboxylic acids is 1. The lowest BCUT2D eigenvalue weighted by Gasteiger charge is -2.32. The van der Waals surface area contributed by atoms with Crippen LogP contribution in [-0.2, 0) is 15.7 Å². The molecule has 3 heterocycles. The van der Waals surface area contributed by atoms with Crippen LogP contribution in [0, 0.1) is 11.7 Å². The average molecular weight is 518 g/mol. The Labute approximate surface area is 211 Å². The number of nitrogens with zero attached hydrogens (tertiary/aromatic N) is 3. The van der Waals surface area contributed by atoms with Gasteiger partial charge in [-0.3, -0.25) is 4.57 Å². The molecule has 1 saturated heterocycles. The van der Waals surface area contributed by atoms with E-state index in [1.165, 1.54) is 24.4 Å². The van der Waals surface area contributed by atoms with Gasteiger partial charge in [-0.1, -0.05) is 12.1 Å². The van der Waals surface area contributed by atoms with Crippen LogP contribution < -0.4 is 4.74 Å². The third-order valence-corrected chi connectivity index (χ3v) is 7.23. The Balaban J connectivity index is 1.52. The third-order valence-electron chi connectivity index (χ3n) is 7.23. The number of carbonyl (C=O) groups is 1. The number of pyridine rings is 1. The number of alkyl halides is 3. The van der Waals surface area contributed by atoms with Crippen LogP contribution in [0.3, 0.4) is 0 Å². The second-order valence-electron chi connectivity index (χ2n) is 9.98. The SMILES string of the molecule is CC(C)Oc1ccc(-n2ccnc2C(F)(F)F)nc1[C@H]1CO[C@]2(CC[C@H](C=O)[C@H]2c2ccc(F)cc2)C1. The molecule has 2 fully saturated rings. The van der Waals surface area contributed by atoms with Crippen molar-refractivity contribution < 1.29 is 31.8 Å². The summed E-state index contributed by atoms with van der Waals surface area (Å²) in [6.07, 6.45) is 0.181. The van der Waals surface area contributed by atoms with Crippen LogP contribution in [0.25, 0.3) is 5.82 Å². The lowest BCUT2D eigenvalue weighted by atomic mass is 9.77. The second-order valence-corrected chi connectivity index (χ2v) is 9.98. The molecule has 4 atom stereocenters. The Morgan fingerprint density at radius 1 is 1.19 bits per heavy atom. The van der Waals surface area contributed by atoms with E-state index in [1.807, 2.05) is 13.8 Å². The molecule has 0 unspecified atom stereocenters. The summed E-state index contributed by atoms with van der Waals surface area (Å²) in [5, 5.41) is 0. The number of rotatable bonds is 6. The highest BCUT2D eigenvalue weighted by Gasteiger charge is 2.55. The first-order chi connectivity index (χ1) is 17.6. The maximum absolute atomic E-state index is 13.6. The van der Waals surface area contributed by atoms with Gasteiger partial charge in [0.15, 0.2) is 0 Å². The zero-order valence-corrected chi connectivity index (χ0v) is 20.4. The summed E-state index contributed by atoms with van der Waals surface area (Å²) in [4.78, 5) is 20.0. The van der Waals surface area contributed by atoms with Gasteiger partial charge < -0.3 is 14.3 Å². The average Bonchev–Trinajstić information content (AvgIpc) is 3.59. The van der Waals surface area contributed by atoms with Gasteiger partial charge in [-0.05, 0) is 62.9 Å². The summed E-state index contributed by atoms with van der Waals surface area (Å²) in [5.74, 6) is -1.71. The van der Waals surface area contributed by atoms with Crippen molar-refractivity contribution in [3.8, 4) is 11.6 Å². The van der Waals surface area contributed by atoms with Gasteiger partial charge in [0, 0.05) is 30.1 Å². The van der Waals surface area contributed by atoms with Crippen LogP contribution in [-0.4, -0.2) is 39.1 Å². The van der Waals surface area contributed by atoms with E-state index in [9.17, 15) is 22.4 Å². The zero-order chi connectivity index (χ0) is 26.4. The molecule has 1 aliphatic carbocycles. The number of aldehydes is 1. The topological polar surface area (TPSA) is 66.2 Å². The number of hydrogen-bond donors (Lipinski definition) is 0. The van der Waals surface area contributed by atoms with Crippen molar-refractivity contribution in [1.82, 2.24) is 14.5 Å². The van der Waals surface area contributed by atoms with Crippen LogP contribution in [0.5, 0.6) is 5.75 Å². The number of aromatic nitrogens is 3. The number of halogens is 4. The van der Waals surface area contributed by atoms with Crippen LogP contribution in [0.2, 0.25) is 0 Å². The fraction of sp³-hybridized carbons (Fsp3) is 0.444. The van der Waals surface area contributed by atoms with Crippen molar-refractivity contribution in [1.29, 1.82) is 0 Å². The van der Waals surface area contributed by atoms with Gasteiger partial charge in [-0.15, -0.1) is 0 Å². The molecule has 3 aromatic rings. The first-order valence-corrected chi connectivity index (χ1v) is 12.2. The Kier molecular flexibility index (Phi) is 6.55. The first-order valence-electron chi connectivity index (χ1n) is 12.2. The Morgan fingerprint density at radius 3 is 2.62 bits per heavy atom. The van der Waals surface area contributed by atoms with E-state index in [2.05, 4.69) is 9.97 Å². The van der Waals surface area contributed by atoms with E-state index in [0.717, 1.165) is 22.6 Å². The first kappa shape index (κ1) is 25.4. The molecular formula is C27H27F4N3O3. The van der Waals surface area contributed by atoms with Crippen molar-refractivity contribution in [2.24, 2.45) is 5.92 Å². The molecule has 2 aliphatic rings. The van der Waals surface area contributed by atoms with Gasteiger partial charge >= 0.3 is 6.18 Å². The van der Waals surface area contributed by atoms with Crippen LogP contribution in [0.15, 0.2) is 48.8 Å². The second kappa shape index (κ2) is 9.55. The lowest BCUT2D eigenvalue weighted by molar-refractivity contribution is -0.146. The Hall–Kier alpha value is -3.27. The molecule has 1 spiro atoms. The molecule has 0 radical (unpaired) electrons. The summed E-state index contributed by atoms with van der Waals surface area (Å²) >= 11 is 0. The van der Waals surface area contributed by atoms with Crippen molar-refractivity contribution in [3.63, 3.8) is 0 Å². The third kappa shape index (κ3) is 4.74. The molecule has 2 aromatic heterocycles. The molecule has 1 aromatic carbocycles. The van der Waals surface area contributed by atoms with Gasteiger partial charge in [-0.25, -0.2) is 14.4 Å². The maximum atomic E-state index is 13.6. The van der Waals surface area contributed by atoms with Gasteiger partial charge in [0.05, 0.1) is 24.0 Å². The number of ether oxygens (including phenoxy) is 2. The monoisotopic (exact) mass is 517 g/mol. The molecule has 0 bridgehead atoms. The minimum absolute atomic E-state index is 0.0733. The highest BCUT2D eigenvalue weighted by molar-refractivity contribution is 5.58. The summed E-state index contributed by atoms with van der Waals surface area (Å²) in [6.45, 7) is 3.99. The Bertz CT molecular complexity index is 1270. The van der Waals surface area contributed by atoms with Crippen LogP contribution in [0.1, 0.15) is 62.0 Å². The smallest absolute Gasteiger partial charge is 0.450 e. The largest absolute Gasteiger partial charge is 0.489 e. The lowest BCUT2D eigenvalue weighted by Crippen LogP contribution is -2.33. The normalized spacial score (nSPS) is 25.8. The van der Waals surface area contributed by atoms with Crippen LogP contribution in [0.4, 0.5) is 17.6 Å². The van der Waals surface area contributed by atoms with Crippen LogP contribution >= 0.6 is 0 Å². The standard InChI is InChI=1S/C27H27F4N3O3/c1-16(2)37-21-7-8-22(34-12-11-32-25(34)27(29,30)31)33-24(21)19-13-26(36-15-19)10-9-18(14-35)23(26)17-3-5-20(28)6-4-17/h3-8,11-12,14,16,18-19,23H,9-10,13,15H2,1-2H3/t18-,19-,23-,26-/m1/s1. The zero-order valence-electron chi connectivity index (χ0n) is 20.4. The number of benzene rings is 1. The molecule has 0 N–H and O–H groups in total. The van der Waals surface area contributed by atoms with Gasteiger partial charge in [0.25, 0.3) is 0 Å². The minimum Gasteiger partial charge on any atom is -0.489 e. The highest BCUT2D eigenvalue weighted by Crippen LogP contribution is 2.56. The summed E-state index contributed by atoms with van der Waals surface area (Å²) in [6, 6.07) is 9.22. The molecule has 10 heteroatoms. The van der Waals surface area contributed by atoms with Gasteiger partial charge in [0.1, 0.15) is 23.7 Å². The van der Waals surface area contributed by atoms with E-state index < -0.39 is 17.6 Å². The predicted molar refractivity (Wildman–Crippen MR) is 126 cm³/mol. The molecule has 0 amide bonds. The van der Waals surface area contributed by atoms with Crippen molar-refractivity contribution in [2.45, 2.75) is 62.8 Å². The Morgan fingerprint density at radius 2 is 1.95 bits per heavy atom.